The van der Waals surface area contributed by atoms with Gasteiger partial charge in [-0.2, -0.15) is 10.2 Å². The molecule has 12 nitrogen and oxygen atoms in total. The van der Waals surface area contributed by atoms with Gasteiger partial charge in [0.05, 0.1) is 5.69 Å². The third-order valence-corrected chi connectivity index (χ3v) is 12.8. The van der Waals surface area contributed by atoms with Gasteiger partial charge in [-0.05, 0) is 178 Å². The topological polar surface area (TPSA) is 112 Å². The molecule has 4 saturated heterocycles. The van der Waals surface area contributed by atoms with E-state index < -0.39 is 11.2 Å². The van der Waals surface area contributed by atoms with E-state index in [4.69, 9.17) is 9.47 Å². The molecule has 0 radical (unpaired) electrons. The molecule has 4 aromatic rings. The molecule has 4 aliphatic rings. The fourth-order valence-electron chi connectivity index (χ4n) is 9.52. The Bertz CT molecular complexity index is 1970. The molecule has 13 heteroatoms. The summed E-state index contributed by atoms with van der Waals surface area (Å²) in [7, 11) is 0. The maximum Gasteiger partial charge on any atom is 0.410 e. The molecule has 4 aliphatic heterocycles. The number of ether oxygens (including phenoxy) is 2. The summed E-state index contributed by atoms with van der Waals surface area (Å²) in [5.41, 5.74) is 5.94. The van der Waals surface area contributed by atoms with Crippen LogP contribution < -0.4 is 0 Å². The first-order chi connectivity index (χ1) is 28.9. The summed E-state index contributed by atoms with van der Waals surface area (Å²) in [5.74, 6) is 0. The Morgan fingerprint density at radius 3 is 1.59 bits per heavy atom. The summed E-state index contributed by atoms with van der Waals surface area (Å²) >= 11 is 3.62. The Balaban J connectivity index is 0.000000184. The molecule has 4 fully saturated rings. The van der Waals surface area contributed by atoms with Crippen molar-refractivity contribution in [3.05, 3.63) is 100 Å². The third-order valence-electron chi connectivity index (χ3n) is 12.3. The first-order valence-corrected chi connectivity index (χ1v) is 23.0. The molecule has 8 rings (SSSR count). The van der Waals surface area contributed by atoms with Gasteiger partial charge >= 0.3 is 12.2 Å². The second-order valence-corrected chi connectivity index (χ2v) is 20.4. The number of hydrogen-bond donors (Lipinski definition) is 1. The number of carbonyl (C=O) groups excluding carboxylic acids is 2. The van der Waals surface area contributed by atoms with Crippen molar-refractivity contribution in [3.8, 4) is 5.69 Å². The zero-order chi connectivity index (χ0) is 43.8. The number of aryl methyl sites for hydroxylation is 2. The van der Waals surface area contributed by atoms with Gasteiger partial charge in [0, 0.05) is 79.6 Å². The Hall–Kier alpha value is -4.20. The van der Waals surface area contributed by atoms with E-state index in [2.05, 4.69) is 91.3 Å². The largest absolute Gasteiger partial charge is 0.444 e. The van der Waals surface area contributed by atoms with Crippen LogP contribution in [0.25, 0.3) is 5.69 Å². The SMILES string of the molecule is Cc1cc(Br)cc(CN2CCCC23CCN(C(=O)OC(C)(C)C)CC3)c1.Cc1cc(CN2CCCC23CCN(C(=O)OC(C)(C)C)CC3)cc(-n2cccn2)c1.c1cn[nH]c1. The molecule has 6 heterocycles. The molecule has 0 bridgehead atoms. The molecule has 0 unspecified atom stereocenters. The molecule has 2 aromatic heterocycles. The predicted molar refractivity (Wildman–Crippen MR) is 245 cm³/mol. The summed E-state index contributed by atoms with van der Waals surface area (Å²) in [6.07, 6.45) is 16.0. The summed E-state index contributed by atoms with van der Waals surface area (Å²) in [6.45, 7) is 23.2. The Kier molecular flexibility index (Phi) is 15.1. The smallest absolute Gasteiger partial charge is 0.410 e. The number of rotatable bonds is 5. The lowest BCUT2D eigenvalue weighted by Crippen LogP contribution is -2.53. The second kappa shape index (κ2) is 19.9. The van der Waals surface area contributed by atoms with E-state index in [1.54, 1.807) is 12.4 Å². The average Bonchev–Trinajstić information content (AvgIpc) is 4.02. The lowest BCUT2D eigenvalue weighted by atomic mass is 9.85. The quantitative estimate of drug-likeness (QED) is 0.211. The van der Waals surface area contributed by atoms with E-state index >= 15 is 0 Å². The van der Waals surface area contributed by atoms with Gasteiger partial charge < -0.3 is 19.3 Å². The van der Waals surface area contributed by atoms with Gasteiger partial charge in [0.2, 0.25) is 0 Å². The van der Waals surface area contributed by atoms with Gasteiger partial charge in [-0.25, -0.2) is 14.3 Å². The highest BCUT2D eigenvalue weighted by molar-refractivity contribution is 9.10. The lowest BCUT2D eigenvalue weighted by Gasteiger charge is -2.45. The maximum absolute atomic E-state index is 12.5. The first kappa shape index (κ1) is 46.3. The van der Waals surface area contributed by atoms with Crippen molar-refractivity contribution in [2.45, 2.75) is 142 Å². The minimum atomic E-state index is -0.441. The first-order valence-electron chi connectivity index (χ1n) is 22.2. The van der Waals surface area contributed by atoms with Crippen molar-refractivity contribution < 1.29 is 19.1 Å². The van der Waals surface area contributed by atoms with E-state index in [-0.39, 0.29) is 23.3 Å². The van der Waals surface area contributed by atoms with Crippen LogP contribution in [0.15, 0.2) is 77.8 Å². The third kappa shape index (κ3) is 12.9. The minimum absolute atomic E-state index is 0.167. The van der Waals surface area contributed by atoms with E-state index in [0.29, 0.717) is 0 Å². The Morgan fingerprint density at radius 1 is 0.672 bits per heavy atom. The number of aromatic amines is 1. The zero-order valence-electron chi connectivity index (χ0n) is 37.9. The fraction of sp³-hybridized carbons (Fsp3) is 0.583. The Morgan fingerprint density at radius 2 is 1.18 bits per heavy atom. The summed E-state index contributed by atoms with van der Waals surface area (Å²) < 4.78 is 14.2. The van der Waals surface area contributed by atoms with Gasteiger partial charge in [-0.1, -0.05) is 28.1 Å². The number of amides is 2. The molecule has 0 aliphatic carbocycles. The van der Waals surface area contributed by atoms with Crippen LogP contribution in [0.4, 0.5) is 9.59 Å². The van der Waals surface area contributed by atoms with Crippen LogP contribution in [-0.4, -0.2) is 113 Å². The number of piperidine rings is 2. The molecule has 1 N–H and O–H groups in total. The van der Waals surface area contributed by atoms with Crippen LogP contribution in [0, 0.1) is 13.8 Å². The number of hydrogen-bond acceptors (Lipinski definition) is 8. The highest BCUT2D eigenvalue weighted by atomic mass is 79.9. The molecule has 0 saturated carbocycles. The van der Waals surface area contributed by atoms with Crippen LogP contribution >= 0.6 is 15.9 Å². The van der Waals surface area contributed by atoms with Crippen molar-refractivity contribution in [1.82, 2.24) is 39.6 Å². The van der Waals surface area contributed by atoms with Crippen molar-refractivity contribution in [1.29, 1.82) is 0 Å². The van der Waals surface area contributed by atoms with Crippen molar-refractivity contribution in [2.75, 3.05) is 39.3 Å². The van der Waals surface area contributed by atoms with E-state index in [1.807, 2.05) is 80.6 Å². The second-order valence-electron chi connectivity index (χ2n) is 19.5. The highest BCUT2D eigenvalue weighted by Gasteiger charge is 2.45. The number of likely N-dealkylation sites (tertiary alicyclic amines) is 4. The minimum Gasteiger partial charge on any atom is -0.444 e. The number of nitrogens with one attached hydrogen (secondary N) is 1. The molecule has 0 atom stereocenters. The van der Waals surface area contributed by atoms with Gasteiger partial charge in [-0.3, -0.25) is 14.9 Å². The number of H-pyrrole nitrogens is 1. The normalized spacial score (nSPS) is 19.0. The molecular formula is C48H69BrN8O4. The van der Waals surface area contributed by atoms with Gasteiger partial charge in [0.15, 0.2) is 0 Å². The molecule has 2 aromatic carbocycles. The van der Waals surface area contributed by atoms with E-state index in [0.717, 1.165) is 88.2 Å². The van der Waals surface area contributed by atoms with Gasteiger partial charge in [0.25, 0.3) is 0 Å². The van der Waals surface area contributed by atoms with Crippen LogP contribution in [-0.2, 0) is 22.6 Å². The number of halogens is 1. The standard InChI is InChI=1S/C24H34N4O2.C21H31BrN2O2.C3H4N2/c1-19-15-20(17-21(16-19)28-12-6-10-25-28)18-27-11-5-7-24(27)8-13-26(14-9-24)22(29)30-23(2,3)4;1-16-12-17(14-18(22)13-16)15-24-9-5-6-21(24)7-10-23(11-8-21)19(25)26-20(2,3)4;1-2-4-5-3-1/h6,10,12,15-17H,5,7-9,11,13-14,18H2,1-4H3;12-14H,5-11,15H2,1-4H3;1-3H,(H,4,5). The van der Waals surface area contributed by atoms with Crippen LogP contribution in [0.5, 0.6) is 0 Å². The fourth-order valence-corrected chi connectivity index (χ4v) is 10.2. The highest BCUT2D eigenvalue weighted by Crippen LogP contribution is 2.41. The van der Waals surface area contributed by atoms with Gasteiger partial charge in [0.1, 0.15) is 11.2 Å². The summed E-state index contributed by atoms with van der Waals surface area (Å²) in [6, 6.07) is 17.2. The molecular weight excluding hydrogens is 832 g/mol. The predicted octanol–water partition coefficient (Wildman–Crippen LogP) is 10.1. The van der Waals surface area contributed by atoms with E-state index in [9.17, 15) is 9.59 Å². The Labute approximate surface area is 372 Å². The van der Waals surface area contributed by atoms with Crippen molar-refractivity contribution in [3.63, 3.8) is 0 Å². The van der Waals surface area contributed by atoms with Crippen LogP contribution in [0.2, 0.25) is 0 Å². The molecule has 332 valence electrons. The average molecular weight is 902 g/mol. The van der Waals surface area contributed by atoms with Gasteiger partial charge in [-0.15, -0.1) is 0 Å². The van der Waals surface area contributed by atoms with Crippen molar-refractivity contribution in [2.24, 2.45) is 0 Å². The van der Waals surface area contributed by atoms with Crippen LogP contribution in [0.3, 0.4) is 0 Å². The number of aromatic nitrogens is 4. The van der Waals surface area contributed by atoms with E-state index in [1.165, 1.54) is 47.9 Å². The zero-order valence-corrected chi connectivity index (χ0v) is 39.5. The van der Waals surface area contributed by atoms with Crippen molar-refractivity contribution >= 4 is 28.1 Å². The number of carbonyl (C=O) groups is 2. The number of benzene rings is 2. The number of nitrogens with zero attached hydrogens (tertiary/aromatic N) is 7. The maximum atomic E-state index is 12.5. The lowest BCUT2D eigenvalue weighted by molar-refractivity contribution is 0.000720. The van der Waals surface area contributed by atoms with Crippen LogP contribution in [0.1, 0.15) is 115 Å². The summed E-state index contributed by atoms with van der Waals surface area (Å²) in [4.78, 5) is 33.9. The molecule has 61 heavy (non-hydrogen) atoms. The molecule has 2 spiro atoms. The summed E-state index contributed by atoms with van der Waals surface area (Å²) in [5, 5.41) is 10.6. The monoisotopic (exact) mass is 900 g/mol. The molecule has 2 amide bonds.